The molecule has 2 unspecified atom stereocenters. The van der Waals surface area contributed by atoms with E-state index < -0.39 is 12.0 Å². The van der Waals surface area contributed by atoms with Crippen molar-refractivity contribution in [2.75, 3.05) is 6.61 Å². The van der Waals surface area contributed by atoms with E-state index in [1.165, 1.54) is 22.4 Å². The highest BCUT2D eigenvalue weighted by Gasteiger charge is 2.39. The summed E-state index contributed by atoms with van der Waals surface area (Å²) >= 11 is 1.27. The molecule has 2 atom stereocenters. The van der Waals surface area contributed by atoms with E-state index in [4.69, 9.17) is 9.84 Å². The van der Waals surface area contributed by atoms with Crippen LogP contribution >= 0.6 is 11.3 Å². The van der Waals surface area contributed by atoms with Crippen LogP contribution in [0.5, 0.6) is 0 Å². The molecule has 0 spiro atoms. The van der Waals surface area contributed by atoms with Gasteiger partial charge >= 0.3 is 5.97 Å². The van der Waals surface area contributed by atoms with Gasteiger partial charge in [0.05, 0.1) is 6.20 Å². The Morgan fingerprint density at radius 2 is 2.19 bits per heavy atom. The van der Waals surface area contributed by atoms with Crippen LogP contribution in [0, 0.1) is 0 Å². The number of carboxylic acids is 1. The van der Waals surface area contributed by atoms with Crippen LogP contribution in [-0.2, 0) is 9.53 Å². The molecule has 0 aromatic carbocycles. The molecule has 2 rings (SSSR count). The Labute approximate surface area is 127 Å². The van der Waals surface area contributed by atoms with Crippen molar-refractivity contribution < 1.29 is 19.4 Å². The van der Waals surface area contributed by atoms with Crippen molar-refractivity contribution in [1.29, 1.82) is 0 Å². The van der Waals surface area contributed by atoms with Crippen molar-refractivity contribution in [2.24, 2.45) is 0 Å². The minimum atomic E-state index is -0.984. The van der Waals surface area contributed by atoms with Crippen LogP contribution in [0.2, 0.25) is 0 Å². The van der Waals surface area contributed by atoms with Gasteiger partial charge < -0.3 is 14.7 Å². The van der Waals surface area contributed by atoms with Gasteiger partial charge in [0, 0.05) is 12.6 Å². The minimum absolute atomic E-state index is 0.0402. The molecule has 116 valence electrons. The second-order valence-corrected chi connectivity index (χ2v) is 6.18. The second-order valence-electron chi connectivity index (χ2n) is 5.12. The summed E-state index contributed by atoms with van der Waals surface area (Å²) in [6, 6.07) is -0.779. The Balaban J connectivity index is 2.16. The molecule has 21 heavy (non-hydrogen) atoms. The first-order valence-electron chi connectivity index (χ1n) is 7.08. The number of aliphatic carboxylic acids is 1. The zero-order valence-corrected chi connectivity index (χ0v) is 13.2. The molecule has 1 aromatic rings. The highest BCUT2D eigenvalue weighted by atomic mass is 32.1. The van der Waals surface area contributed by atoms with Crippen molar-refractivity contribution in [3.63, 3.8) is 0 Å². The fraction of sp³-hybridized carbons (Fsp3) is 0.643. The average molecular weight is 312 g/mol. The van der Waals surface area contributed by atoms with Gasteiger partial charge in [0.15, 0.2) is 0 Å². The van der Waals surface area contributed by atoms with Crippen molar-refractivity contribution in [2.45, 2.75) is 51.8 Å². The van der Waals surface area contributed by atoms with Gasteiger partial charge in [-0.1, -0.05) is 0 Å². The van der Waals surface area contributed by atoms with Crippen molar-refractivity contribution in [1.82, 2.24) is 9.88 Å². The number of carbonyl (C=O) groups is 2. The monoisotopic (exact) mass is 312 g/mol. The summed E-state index contributed by atoms with van der Waals surface area (Å²) in [6.07, 6.45) is 3.09. The fourth-order valence-corrected chi connectivity index (χ4v) is 3.02. The van der Waals surface area contributed by atoms with Gasteiger partial charge in [-0.05, 0) is 33.6 Å². The number of aromatic nitrogens is 1. The summed E-state index contributed by atoms with van der Waals surface area (Å²) in [4.78, 5) is 29.9. The van der Waals surface area contributed by atoms with Crippen LogP contribution in [0.1, 0.15) is 54.4 Å². The smallest absolute Gasteiger partial charge is 0.326 e. The van der Waals surface area contributed by atoms with E-state index in [1.807, 2.05) is 13.8 Å². The topological polar surface area (TPSA) is 79.7 Å². The molecule has 1 aliphatic rings. The maximum atomic E-state index is 12.6. The van der Waals surface area contributed by atoms with Gasteiger partial charge in [-0.2, -0.15) is 0 Å². The van der Waals surface area contributed by atoms with E-state index in [9.17, 15) is 9.59 Å². The molecule has 6 nitrogen and oxygen atoms in total. The van der Waals surface area contributed by atoms with E-state index in [-0.39, 0.29) is 18.1 Å². The third-order valence-electron chi connectivity index (χ3n) is 3.45. The predicted molar refractivity (Wildman–Crippen MR) is 78.4 cm³/mol. The molecule has 1 aliphatic carbocycles. The van der Waals surface area contributed by atoms with E-state index in [0.29, 0.717) is 11.5 Å². The zero-order chi connectivity index (χ0) is 15.6. The molecule has 0 saturated heterocycles. The molecule has 1 amide bonds. The molecule has 7 heteroatoms. The first-order chi connectivity index (χ1) is 9.95. The number of amides is 1. The highest BCUT2D eigenvalue weighted by molar-refractivity contribution is 7.13. The number of carbonyl (C=O) groups excluding carboxylic acids is 1. The van der Waals surface area contributed by atoms with Crippen LogP contribution in [0.3, 0.4) is 0 Å². The van der Waals surface area contributed by atoms with Gasteiger partial charge in [-0.15, -0.1) is 11.3 Å². The lowest BCUT2D eigenvalue weighted by molar-refractivity contribution is -0.141. The summed E-state index contributed by atoms with van der Waals surface area (Å²) in [5, 5.41) is 9.90. The lowest BCUT2D eigenvalue weighted by atomic mass is 10.2. The second kappa shape index (κ2) is 6.53. The normalized spacial score (nSPS) is 17.3. The van der Waals surface area contributed by atoms with Crippen molar-refractivity contribution in [3.05, 3.63) is 16.1 Å². The summed E-state index contributed by atoms with van der Waals surface area (Å²) < 4.78 is 5.46. The number of hydrogen-bond acceptors (Lipinski definition) is 5. The van der Waals surface area contributed by atoms with E-state index in [1.54, 1.807) is 6.92 Å². The number of hydrogen-bond donors (Lipinski definition) is 1. The maximum absolute atomic E-state index is 12.6. The average Bonchev–Trinajstić information content (AvgIpc) is 3.14. The first kappa shape index (κ1) is 15.9. The molecule has 1 fully saturated rings. The molecule has 1 saturated carbocycles. The molecule has 0 bridgehead atoms. The Hall–Kier alpha value is -1.47. The number of ether oxygens (including phenoxy) is 1. The van der Waals surface area contributed by atoms with Crippen LogP contribution in [0.15, 0.2) is 6.20 Å². The van der Waals surface area contributed by atoms with Crippen LogP contribution in [0.25, 0.3) is 0 Å². The molecular weight excluding hydrogens is 292 g/mol. The van der Waals surface area contributed by atoms with Crippen LogP contribution < -0.4 is 0 Å². The number of nitrogens with zero attached hydrogens (tertiary/aromatic N) is 2. The van der Waals surface area contributed by atoms with Crippen LogP contribution in [-0.4, -0.2) is 45.6 Å². The lowest BCUT2D eigenvalue weighted by Crippen LogP contribution is -2.44. The Morgan fingerprint density at radius 3 is 2.71 bits per heavy atom. The van der Waals surface area contributed by atoms with Crippen molar-refractivity contribution >= 4 is 23.2 Å². The summed E-state index contributed by atoms with van der Waals surface area (Å²) in [5.41, 5.74) is 0. The SMILES string of the molecule is CCOC(C)c1ncc(C(=O)N(C2CC2)C(C)C(=O)O)s1. The summed E-state index contributed by atoms with van der Waals surface area (Å²) in [5.74, 6) is -1.23. The van der Waals surface area contributed by atoms with E-state index in [0.717, 1.165) is 17.8 Å². The Kier molecular flexibility index (Phi) is 4.95. The number of carboxylic acid groups (broad SMARTS) is 1. The minimum Gasteiger partial charge on any atom is -0.480 e. The van der Waals surface area contributed by atoms with Gasteiger partial charge in [0.25, 0.3) is 5.91 Å². The van der Waals surface area contributed by atoms with Gasteiger partial charge in [0.2, 0.25) is 0 Å². The van der Waals surface area contributed by atoms with Crippen molar-refractivity contribution in [3.8, 4) is 0 Å². The standard InChI is InChI=1S/C14H20N2O4S/c1-4-20-9(3)12-15-7-11(21-12)13(17)16(10-5-6-10)8(2)14(18)19/h7-10H,4-6H2,1-3H3,(H,18,19). The molecule has 0 radical (unpaired) electrons. The molecule has 1 aromatic heterocycles. The lowest BCUT2D eigenvalue weighted by Gasteiger charge is -2.25. The third kappa shape index (κ3) is 3.59. The Bertz CT molecular complexity index is 527. The predicted octanol–water partition coefficient (Wildman–Crippen LogP) is 2.32. The van der Waals surface area contributed by atoms with Gasteiger partial charge in [-0.3, -0.25) is 4.79 Å². The summed E-state index contributed by atoms with van der Waals surface area (Å²) in [7, 11) is 0. The van der Waals surface area contributed by atoms with Gasteiger partial charge in [-0.25, -0.2) is 9.78 Å². The van der Waals surface area contributed by atoms with E-state index >= 15 is 0 Å². The van der Waals surface area contributed by atoms with E-state index in [2.05, 4.69) is 4.98 Å². The molecule has 1 N–H and O–H groups in total. The number of thiazole rings is 1. The third-order valence-corrected chi connectivity index (χ3v) is 4.59. The molecule has 0 aliphatic heterocycles. The molecular formula is C14H20N2O4S. The Morgan fingerprint density at radius 1 is 1.52 bits per heavy atom. The quantitative estimate of drug-likeness (QED) is 0.836. The largest absolute Gasteiger partial charge is 0.480 e. The first-order valence-corrected chi connectivity index (χ1v) is 7.90. The van der Waals surface area contributed by atoms with Gasteiger partial charge in [0.1, 0.15) is 22.0 Å². The highest BCUT2D eigenvalue weighted by Crippen LogP contribution is 2.32. The summed E-state index contributed by atoms with van der Waals surface area (Å²) in [6.45, 7) is 5.91. The molecule has 1 heterocycles. The van der Waals surface area contributed by atoms with Crippen LogP contribution in [0.4, 0.5) is 0 Å². The number of rotatable bonds is 7. The maximum Gasteiger partial charge on any atom is 0.326 e. The zero-order valence-electron chi connectivity index (χ0n) is 12.4. The fourth-order valence-electron chi connectivity index (χ4n) is 2.15.